The summed E-state index contributed by atoms with van der Waals surface area (Å²) in [6.45, 7) is 0.357. The topological polar surface area (TPSA) is 68.2 Å². The van der Waals surface area contributed by atoms with Crippen molar-refractivity contribution in [3.8, 4) is 0 Å². The van der Waals surface area contributed by atoms with Crippen LogP contribution in [0.1, 0.15) is 5.56 Å². The molecule has 88 valence electrons. The summed E-state index contributed by atoms with van der Waals surface area (Å²) in [4.78, 5) is 26.3. The molecule has 6 nitrogen and oxygen atoms in total. The highest BCUT2D eigenvalue weighted by Gasteiger charge is 2.34. The van der Waals surface area contributed by atoms with Gasteiger partial charge in [-0.05, 0) is 5.56 Å². The van der Waals surface area contributed by atoms with Crippen LogP contribution in [-0.4, -0.2) is 29.9 Å². The average Bonchev–Trinajstić information content (AvgIpc) is 2.70. The normalized spacial score (nSPS) is 19.2. The molecule has 0 aromatic heterocycles. The smallest absolute Gasteiger partial charge is 0.300 e. The Morgan fingerprint density at radius 2 is 2.24 bits per heavy atom. The van der Waals surface area contributed by atoms with Crippen molar-refractivity contribution < 1.29 is 19.2 Å². The molecule has 1 aliphatic rings. The number of amides is 1. The van der Waals surface area contributed by atoms with E-state index >= 15 is 0 Å². The predicted octanol–water partition coefficient (Wildman–Crippen LogP) is 0.596. The molecule has 1 aromatic carbocycles. The number of ether oxygens (including phenoxy) is 1. The van der Waals surface area contributed by atoms with Gasteiger partial charge in [-0.25, -0.2) is 9.63 Å². The first kappa shape index (κ1) is 11.5. The summed E-state index contributed by atoms with van der Waals surface area (Å²) in [5.74, 6) is -0.496. The molecule has 0 N–H and O–H groups in total. The Morgan fingerprint density at radius 3 is 2.94 bits per heavy atom. The molecular formula is C11H10N2O4. The van der Waals surface area contributed by atoms with Crippen molar-refractivity contribution in [1.29, 1.82) is 0 Å². The largest absolute Gasteiger partial charge is 0.361 e. The van der Waals surface area contributed by atoms with Crippen LogP contribution in [0.15, 0.2) is 35.4 Å². The molecule has 1 aromatic rings. The van der Waals surface area contributed by atoms with Crippen LogP contribution in [0.25, 0.3) is 0 Å². The second kappa shape index (κ2) is 5.36. The van der Waals surface area contributed by atoms with Gasteiger partial charge in [0.05, 0.1) is 6.61 Å². The molecular weight excluding hydrogens is 224 g/mol. The summed E-state index contributed by atoms with van der Waals surface area (Å²) in [5.41, 5.74) is 0.956. The number of benzene rings is 1. The Bertz CT molecular complexity index is 442. The van der Waals surface area contributed by atoms with E-state index in [1.54, 1.807) is 0 Å². The standard InChI is InChI=1S/C11H10N2O4/c14-8-12-13-11(15)10(7-17-13)16-6-9-4-2-1-3-5-9/h1-5,10H,6-7H2/t10-/m0/s1. The Balaban J connectivity index is 1.89. The highest BCUT2D eigenvalue weighted by molar-refractivity contribution is 5.81. The van der Waals surface area contributed by atoms with Gasteiger partial charge in [0.25, 0.3) is 6.08 Å². The van der Waals surface area contributed by atoms with Crippen LogP contribution in [0.5, 0.6) is 0 Å². The van der Waals surface area contributed by atoms with Gasteiger partial charge in [-0.1, -0.05) is 40.6 Å². The third-order valence-corrected chi connectivity index (χ3v) is 2.24. The van der Waals surface area contributed by atoms with Crippen molar-refractivity contribution in [3.05, 3.63) is 35.9 Å². The molecule has 1 saturated heterocycles. The van der Waals surface area contributed by atoms with Crippen LogP contribution < -0.4 is 0 Å². The van der Waals surface area contributed by atoms with Crippen LogP contribution in [0.2, 0.25) is 0 Å². The number of hydrogen-bond donors (Lipinski definition) is 0. The van der Waals surface area contributed by atoms with Gasteiger partial charge in [-0.3, -0.25) is 4.79 Å². The summed E-state index contributed by atoms with van der Waals surface area (Å²) in [5, 5.41) is 3.69. The number of hydrazone groups is 1. The molecule has 0 radical (unpaired) electrons. The Labute approximate surface area is 97.4 Å². The van der Waals surface area contributed by atoms with E-state index in [-0.39, 0.29) is 6.61 Å². The molecule has 0 spiro atoms. The molecule has 0 aliphatic carbocycles. The zero-order valence-electron chi connectivity index (χ0n) is 8.91. The Kier molecular flexibility index (Phi) is 3.62. The number of hydrogen-bond acceptors (Lipinski definition) is 5. The van der Waals surface area contributed by atoms with Crippen molar-refractivity contribution in [2.24, 2.45) is 5.10 Å². The molecule has 2 rings (SSSR count). The van der Waals surface area contributed by atoms with E-state index in [0.717, 1.165) is 5.56 Å². The van der Waals surface area contributed by atoms with Crippen LogP contribution in [0.4, 0.5) is 0 Å². The van der Waals surface area contributed by atoms with Gasteiger partial charge in [-0.2, -0.15) is 0 Å². The lowest BCUT2D eigenvalue weighted by Gasteiger charge is -2.07. The fourth-order valence-corrected chi connectivity index (χ4v) is 1.40. The number of rotatable bonds is 4. The van der Waals surface area contributed by atoms with Crippen LogP contribution in [-0.2, 0) is 25.8 Å². The fraction of sp³-hybridized carbons (Fsp3) is 0.273. The van der Waals surface area contributed by atoms with Crippen molar-refractivity contribution in [3.63, 3.8) is 0 Å². The van der Waals surface area contributed by atoms with E-state index < -0.39 is 12.0 Å². The molecule has 1 amide bonds. The number of hydroxylamine groups is 1. The average molecular weight is 234 g/mol. The fourth-order valence-electron chi connectivity index (χ4n) is 1.40. The minimum absolute atomic E-state index is 0.0524. The maximum Gasteiger partial charge on any atom is 0.300 e. The number of carbonyl (C=O) groups excluding carboxylic acids is 2. The molecule has 6 heteroatoms. The van der Waals surface area contributed by atoms with Crippen LogP contribution in [0.3, 0.4) is 0 Å². The summed E-state index contributed by atoms with van der Waals surface area (Å²) in [6, 6.07) is 9.44. The zero-order valence-corrected chi connectivity index (χ0v) is 8.91. The third-order valence-electron chi connectivity index (χ3n) is 2.24. The lowest BCUT2D eigenvalue weighted by Crippen LogP contribution is -2.27. The number of isocyanates is 1. The molecule has 0 unspecified atom stereocenters. The van der Waals surface area contributed by atoms with Gasteiger partial charge in [0.2, 0.25) is 0 Å². The summed E-state index contributed by atoms with van der Waals surface area (Å²) >= 11 is 0. The molecule has 17 heavy (non-hydrogen) atoms. The van der Waals surface area contributed by atoms with E-state index in [2.05, 4.69) is 5.10 Å². The third kappa shape index (κ3) is 2.76. The van der Waals surface area contributed by atoms with E-state index in [1.807, 2.05) is 30.3 Å². The van der Waals surface area contributed by atoms with Gasteiger partial charge in [0.15, 0.2) is 6.10 Å². The highest BCUT2D eigenvalue weighted by Crippen LogP contribution is 2.13. The first-order valence-corrected chi connectivity index (χ1v) is 5.01. The Morgan fingerprint density at radius 1 is 1.47 bits per heavy atom. The maximum absolute atomic E-state index is 11.5. The monoisotopic (exact) mass is 234 g/mol. The van der Waals surface area contributed by atoms with Crippen LogP contribution >= 0.6 is 0 Å². The second-order valence-corrected chi connectivity index (χ2v) is 3.38. The first-order valence-electron chi connectivity index (χ1n) is 5.01. The molecule has 1 fully saturated rings. The summed E-state index contributed by atoms with van der Waals surface area (Å²) in [7, 11) is 0. The van der Waals surface area contributed by atoms with Crippen molar-refractivity contribution in [2.75, 3.05) is 6.61 Å². The number of nitrogens with zero attached hydrogens (tertiary/aromatic N) is 2. The van der Waals surface area contributed by atoms with Gasteiger partial charge in [-0.15, -0.1) is 0 Å². The van der Waals surface area contributed by atoms with Crippen molar-refractivity contribution in [2.45, 2.75) is 12.7 Å². The quantitative estimate of drug-likeness (QED) is 0.565. The SMILES string of the molecule is O=C=NN1OC[C@H](OCc2ccccc2)C1=O. The number of carbonyl (C=O) groups is 1. The predicted molar refractivity (Wildman–Crippen MR) is 55.9 cm³/mol. The van der Waals surface area contributed by atoms with Crippen molar-refractivity contribution >= 4 is 12.0 Å². The summed E-state index contributed by atoms with van der Waals surface area (Å²) < 4.78 is 5.37. The summed E-state index contributed by atoms with van der Waals surface area (Å²) in [6.07, 6.45) is 0.505. The molecule has 1 atom stereocenters. The van der Waals surface area contributed by atoms with Crippen molar-refractivity contribution in [1.82, 2.24) is 5.17 Å². The minimum Gasteiger partial charge on any atom is -0.361 e. The molecule has 1 heterocycles. The molecule has 0 bridgehead atoms. The first-order chi connectivity index (χ1) is 8.31. The van der Waals surface area contributed by atoms with Crippen LogP contribution in [0, 0.1) is 0 Å². The zero-order chi connectivity index (χ0) is 12.1. The van der Waals surface area contributed by atoms with E-state index in [4.69, 9.17) is 9.57 Å². The maximum atomic E-state index is 11.5. The van der Waals surface area contributed by atoms with E-state index in [9.17, 15) is 9.59 Å². The van der Waals surface area contributed by atoms with Gasteiger partial charge in [0, 0.05) is 0 Å². The van der Waals surface area contributed by atoms with Gasteiger partial charge in [0.1, 0.15) is 6.61 Å². The Hall–Kier alpha value is -2.01. The second-order valence-electron chi connectivity index (χ2n) is 3.38. The van der Waals surface area contributed by atoms with Gasteiger partial charge >= 0.3 is 5.91 Å². The highest BCUT2D eigenvalue weighted by atomic mass is 16.7. The minimum atomic E-state index is -0.729. The molecule has 0 saturated carbocycles. The lowest BCUT2D eigenvalue weighted by molar-refractivity contribution is -0.162. The lowest BCUT2D eigenvalue weighted by atomic mass is 10.2. The van der Waals surface area contributed by atoms with E-state index in [0.29, 0.717) is 11.8 Å². The molecule has 1 aliphatic heterocycles. The van der Waals surface area contributed by atoms with Gasteiger partial charge < -0.3 is 4.74 Å². The van der Waals surface area contributed by atoms with E-state index in [1.165, 1.54) is 6.08 Å².